The highest BCUT2D eigenvalue weighted by Gasteiger charge is 2.47. The molecule has 0 spiro atoms. The van der Waals surface area contributed by atoms with Gasteiger partial charge in [0.1, 0.15) is 0 Å². The summed E-state index contributed by atoms with van der Waals surface area (Å²) in [7, 11) is 0. The minimum atomic E-state index is 0.406. The summed E-state index contributed by atoms with van der Waals surface area (Å²) in [4.78, 5) is 0. The van der Waals surface area contributed by atoms with Gasteiger partial charge >= 0.3 is 0 Å². The minimum Gasteiger partial charge on any atom is -0.254 e. The number of rotatable bonds is 6. The molecule has 1 aliphatic rings. The van der Waals surface area contributed by atoms with E-state index in [2.05, 4.69) is 59.3 Å². The molecular weight excluding hydrogens is 220 g/mol. The fourth-order valence-corrected chi connectivity index (χ4v) is 3.63. The molecule has 0 aromatic rings. The third-order valence-electron chi connectivity index (χ3n) is 6.18. The lowest BCUT2D eigenvalue weighted by Crippen LogP contribution is -2.44. The quantitative estimate of drug-likeness (QED) is 0.745. The van der Waals surface area contributed by atoms with Crippen LogP contribution in [0, 0.1) is 16.7 Å². The van der Waals surface area contributed by atoms with Crippen LogP contribution in [0.25, 0.3) is 0 Å². The molecule has 2 heteroatoms. The first kappa shape index (κ1) is 16.0. The molecule has 0 aromatic carbocycles. The Balaban J connectivity index is 2.88. The Hall–Kier alpha value is -0.0800. The van der Waals surface area contributed by atoms with Crippen molar-refractivity contribution in [3.8, 4) is 0 Å². The van der Waals surface area contributed by atoms with Gasteiger partial charge in [-0.25, -0.2) is 0 Å². The minimum absolute atomic E-state index is 0.406. The van der Waals surface area contributed by atoms with Crippen molar-refractivity contribution in [2.45, 2.75) is 86.2 Å². The lowest BCUT2D eigenvalue weighted by molar-refractivity contribution is 0.141. The van der Waals surface area contributed by atoms with E-state index in [0.717, 1.165) is 0 Å². The van der Waals surface area contributed by atoms with Gasteiger partial charge in [-0.2, -0.15) is 0 Å². The lowest BCUT2D eigenvalue weighted by atomic mass is 9.66. The molecule has 2 atom stereocenters. The molecule has 1 saturated heterocycles. The second-order valence-corrected chi connectivity index (χ2v) is 6.83. The molecule has 0 radical (unpaired) electrons. The van der Waals surface area contributed by atoms with Crippen LogP contribution in [0.2, 0.25) is 0 Å². The zero-order valence-corrected chi connectivity index (χ0v) is 13.6. The van der Waals surface area contributed by atoms with Crippen LogP contribution in [0.15, 0.2) is 0 Å². The van der Waals surface area contributed by atoms with E-state index in [1.54, 1.807) is 0 Å². The van der Waals surface area contributed by atoms with Crippen LogP contribution in [0.4, 0.5) is 0 Å². The molecule has 2 unspecified atom stereocenters. The first-order valence-corrected chi connectivity index (χ1v) is 7.89. The topological polar surface area (TPSA) is 24.1 Å². The van der Waals surface area contributed by atoms with Gasteiger partial charge in [-0.15, -0.1) is 0 Å². The van der Waals surface area contributed by atoms with Crippen molar-refractivity contribution in [1.82, 2.24) is 10.9 Å². The molecule has 0 bridgehead atoms. The molecule has 0 amide bonds. The maximum absolute atomic E-state index is 3.62. The number of hydrogen-bond donors (Lipinski definition) is 2. The monoisotopic (exact) mass is 254 g/mol. The third-order valence-corrected chi connectivity index (χ3v) is 6.18. The number of hydrazine groups is 1. The van der Waals surface area contributed by atoms with Crippen LogP contribution in [0.1, 0.15) is 74.1 Å². The molecule has 0 saturated carbocycles. The molecule has 0 aromatic heterocycles. The summed E-state index contributed by atoms with van der Waals surface area (Å²) in [6.45, 7) is 16.6. The first-order chi connectivity index (χ1) is 8.38. The van der Waals surface area contributed by atoms with E-state index in [1.807, 2.05) is 0 Å². The van der Waals surface area contributed by atoms with E-state index < -0.39 is 0 Å². The molecule has 2 N–H and O–H groups in total. The fourth-order valence-electron chi connectivity index (χ4n) is 3.63. The van der Waals surface area contributed by atoms with Crippen LogP contribution < -0.4 is 10.9 Å². The zero-order valence-electron chi connectivity index (χ0n) is 13.6. The fraction of sp³-hybridized carbons (Fsp3) is 1.00. The number of nitrogens with one attached hydrogen (secondary N) is 2. The summed E-state index contributed by atoms with van der Waals surface area (Å²) >= 11 is 0. The summed E-state index contributed by atoms with van der Waals surface area (Å²) in [6, 6.07) is 1.19. The Morgan fingerprint density at radius 2 is 1.00 bits per heavy atom. The second-order valence-electron chi connectivity index (χ2n) is 6.83. The van der Waals surface area contributed by atoms with Crippen molar-refractivity contribution in [1.29, 1.82) is 0 Å². The van der Waals surface area contributed by atoms with Crippen LogP contribution in [0.5, 0.6) is 0 Å². The van der Waals surface area contributed by atoms with Gasteiger partial charge in [0.05, 0.1) is 0 Å². The molecule has 1 fully saturated rings. The van der Waals surface area contributed by atoms with E-state index in [4.69, 9.17) is 0 Å². The van der Waals surface area contributed by atoms with E-state index in [-0.39, 0.29) is 0 Å². The predicted octanol–water partition coefficient (Wildman–Crippen LogP) is 4.12. The molecule has 18 heavy (non-hydrogen) atoms. The largest absolute Gasteiger partial charge is 0.254 e. The molecule has 0 aliphatic carbocycles. The standard InChI is InChI=1S/C16H34N2/c1-8-15(6,9-2)13-12(5)14(18-17-13)16(7,10-3)11-4/h12-14,17-18H,8-11H2,1-7H3. The van der Waals surface area contributed by atoms with Crippen LogP contribution >= 0.6 is 0 Å². The Labute approximate surface area is 114 Å². The summed E-state index contributed by atoms with van der Waals surface area (Å²) < 4.78 is 0. The summed E-state index contributed by atoms with van der Waals surface area (Å²) in [5, 5.41) is 0. The van der Waals surface area contributed by atoms with Gasteiger partial charge in [0.15, 0.2) is 0 Å². The smallest absolute Gasteiger partial charge is 0.0307 e. The van der Waals surface area contributed by atoms with Crippen molar-refractivity contribution >= 4 is 0 Å². The molecule has 1 rings (SSSR count). The molecular formula is C16H34N2. The van der Waals surface area contributed by atoms with Crippen molar-refractivity contribution in [2.75, 3.05) is 0 Å². The van der Waals surface area contributed by atoms with Gasteiger partial charge in [0.2, 0.25) is 0 Å². The average Bonchev–Trinajstić information content (AvgIpc) is 2.80. The van der Waals surface area contributed by atoms with Gasteiger partial charge < -0.3 is 0 Å². The summed E-state index contributed by atoms with van der Waals surface area (Å²) in [6.07, 6.45) is 4.98. The third kappa shape index (κ3) is 2.60. The summed E-state index contributed by atoms with van der Waals surface area (Å²) in [5.74, 6) is 0.694. The van der Waals surface area contributed by atoms with Gasteiger partial charge in [-0.1, -0.05) is 48.5 Å². The normalized spacial score (nSPS) is 29.8. The highest BCUT2D eigenvalue weighted by atomic mass is 15.4. The van der Waals surface area contributed by atoms with Gasteiger partial charge in [0, 0.05) is 12.1 Å². The highest BCUT2D eigenvalue weighted by molar-refractivity contribution is 5.02. The molecule has 2 nitrogen and oxygen atoms in total. The maximum atomic E-state index is 3.62. The maximum Gasteiger partial charge on any atom is 0.0307 e. The van der Waals surface area contributed by atoms with E-state index in [9.17, 15) is 0 Å². The Bertz CT molecular complexity index is 228. The zero-order chi connectivity index (χ0) is 14.0. The van der Waals surface area contributed by atoms with Crippen LogP contribution in [0.3, 0.4) is 0 Å². The molecule has 108 valence electrons. The Morgan fingerprint density at radius 3 is 1.22 bits per heavy atom. The summed E-state index contributed by atoms with van der Waals surface area (Å²) in [5.41, 5.74) is 8.06. The Morgan fingerprint density at radius 1 is 0.722 bits per heavy atom. The average molecular weight is 254 g/mol. The van der Waals surface area contributed by atoms with E-state index >= 15 is 0 Å². The van der Waals surface area contributed by atoms with Crippen LogP contribution in [-0.4, -0.2) is 12.1 Å². The van der Waals surface area contributed by atoms with Crippen LogP contribution in [-0.2, 0) is 0 Å². The Kier molecular flexibility index (Phi) is 5.25. The first-order valence-electron chi connectivity index (χ1n) is 7.89. The van der Waals surface area contributed by atoms with E-state index in [0.29, 0.717) is 28.8 Å². The predicted molar refractivity (Wildman–Crippen MR) is 80.4 cm³/mol. The van der Waals surface area contributed by atoms with Crippen molar-refractivity contribution in [3.05, 3.63) is 0 Å². The van der Waals surface area contributed by atoms with Crippen molar-refractivity contribution in [2.24, 2.45) is 16.7 Å². The SMILES string of the molecule is CCC(C)(CC)C1NNC(C(C)(CC)CC)C1C. The van der Waals surface area contributed by atoms with Gasteiger partial charge in [-0.05, 0) is 42.4 Å². The molecule has 1 heterocycles. The van der Waals surface area contributed by atoms with Gasteiger partial charge in [0.25, 0.3) is 0 Å². The van der Waals surface area contributed by atoms with Crippen molar-refractivity contribution in [3.63, 3.8) is 0 Å². The number of hydrogen-bond acceptors (Lipinski definition) is 2. The second kappa shape index (κ2) is 5.92. The van der Waals surface area contributed by atoms with Crippen molar-refractivity contribution < 1.29 is 0 Å². The molecule has 1 aliphatic heterocycles. The highest BCUT2D eigenvalue weighted by Crippen LogP contribution is 2.43. The lowest BCUT2D eigenvalue weighted by Gasteiger charge is -2.40. The van der Waals surface area contributed by atoms with E-state index in [1.165, 1.54) is 25.7 Å². The van der Waals surface area contributed by atoms with Gasteiger partial charge in [-0.3, -0.25) is 10.9 Å².